The number of benzene rings is 2. The summed E-state index contributed by atoms with van der Waals surface area (Å²) in [6, 6.07) is 19.7. The molecule has 1 aliphatic rings. The standard InChI is InChI=1S/C24H30N4.C2HF3O2/c1-19-20(2)28(18-26-19)23-10-8-21(9-11-23)16-27-14-12-24(17-25,13-15-27)22-6-4-3-5-7-22;3-2(4,5)1(6)7/h3-11,18H,12-17,25H2,1-2H3;(H,6,7). The number of rotatable bonds is 5. The number of halogens is 3. The number of carboxylic acid groups (broad SMARTS) is 1. The van der Waals surface area contributed by atoms with Crippen molar-refractivity contribution in [2.75, 3.05) is 19.6 Å². The summed E-state index contributed by atoms with van der Waals surface area (Å²) in [6.07, 6.45) is -0.932. The van der Waals surface area contributed by atoms with Crippen LogP contribution in [0.15, 0.2) is 60.9 Å². The van der Waals surface area contributed by atoms with Crippen LogP contribution in [0.2, 0.25) is 0 Å². The zero-order valence-electron chi connectivity index (χ0n) is 19.9. The number of imidazole rings is 1. The minimum Gasteiger partial charge on any atom is -0.475 e. The zero-order chi connectivity index (χ0) is 25.6. The molecule has 0 unspecified atom stereocenters. The lowest BCUT2D eigenvalue weighted by Crippen LogP contribution is -2.46. The van der Waals surface area contributed by atoms with Gasteiger partial charge in [-0.1, -0.05) is 42.5 Å². The molecule has 6 nitrogen and oxygen atoms in total. The molecule has 1 aromatic heterocycles. The molecule has 188 valence electrons. The highest BCUT2D eigenvalue weighted by molar-refractivity contribution is 5.73. The Morgan fingerprint density at radius 1 is 1.06 bits per heavy atom. The van der Waals surface area contributed by atoms with Gasteiger partial charge in [-0.3, -0.25) is 4.90 Å². The molecule has 0 bridgehead atoms. The number of aliphatic carboxylic acids is 1. The van der Waals surface area contributed by atoms with Crippen molar-refractivity contribution in [3.8, 4) is 5.69 Å². The summed E-state index contributed by atoms with van der Waals surface area (Å²) in [6.45, 7) is 8.07. The van der Waals surface area contributed by atoms with Crippen molar-refractivity contribution in [1.29, 1.82) is 0 Å². The van der Waals surface area contributed by atoms with Crippen molar-refractivity contribution in [3.63, 3.8) is 0 Å². The molecule has 1 saturated heterocycles. The van der Waals surface area contributed by atoms with Crippen molar-refractivity contribution in [2.45, 2.75) is 44.8 Å². The Kier molecular flexibility index (Phi) is 8.34. The molecule has 1 fully saturated rings. The van der Waals surface area contributed by atoms with Crippen molar-refractivity contribution in [1.82, 2.24) is 14.5 Å². The minimum atomic E-state index is -5.08. The van der Waals surface area contributed by atoms with E-state index in [1.807, 2.05) is 13.3 Å². The molecule has 9 heteroatoms. The quantitative estimate of drug-likeness (QED) is 0.548. The summed E-state index contributed by atoms with van der Waals surface area (Å²) < 4.78 is 33.9. The van der Waals surface area contributed by atoms with Crippen LogP contribution in [-0.2, 0) is 16.8 Å². The average molecular weight is 489 g/mol. The topological polar surface area (TPSA) is 84.4 Å². The second kappa shape index (κ2) is 11.0. The SMILES string of the molecule is Cc1ncn(-c2ccc(CN3CCC(CN)(c4ccccc4)CC3)cc2)c1C.O=C(O)C(F)(F)F. The third-order valence-corrected chi connectivity index (χ3v) is 6.71. The number of hydrogen-bond donors (Lipinski definition) is 2. The van der Waals surface area contributed by atoms with Crippen LogP contribution in [0.1, 0.15) is 35.4 Å². The van der Waals surface area contributed by atoms with E-state index in [4.69, 9.17) is 15.6 Å². The van der Waals surface area contributed by atoms with Crippen LogP contribution in [0.25, 0.3) is 5.69 Å². The van der Waals surface area contributed by atoms with Gasteiger partial charge in [0.05, 0.1) is 12.0 Å². The normalized spacial score (nSPS) is 15.8. The second-order valence-corrected chi connectivity index (χ2v) is 8.88. The molecule has 4 rings (SSSR count). The third-order valence-electron chi connectivity index (χ3n) is 6.71. The number of likely N-dealkylation sites (tertiary alicyclic amines) is 1. The highest BCUT2D eigenvalue weighted by Gasteiger charge is 2.38. The number of carbonyl (C=O) groups is 1. The van der Waals surface area contributed by atoms with Gasteiger partial charge in [0.1, 0.15) is 0 Å². The fraction of sp³-hybridized carbons (Fsp3) is 0.385. The molecule has 3 N–H and O–H groups in total. The third kappa shape index (κ3) is 6.49. The van der Waals surface area contributed by atoms with Crippen molar-refractivity contribution < 1.29 is 23.1 Å². The Balaban J connectivity index is 0.000000429. The van der Waals surface area contributed by atoms with Crippen LogP contribution in [0.4, 0.5) is 13.2 Å². The smallest absolute Gasteiger partial charge is 0.475 e. The van der Waals surface area contributed by atoms with Gasteiger partial charge in [0, 0.05) is 29.9 Å². The predicted octanol–water partition coefficient (Wildman–Crippen LogP) is 4.61. The van der Waals surface area contributed by atoms with Crippen LogP contribution in [0.5, 0.6) is 0 Å². The van der Waals surface area contributed by atoms with Gasteiger partial charge in [0.15, 0.2) is 0 Å². The van der Waals surface area contributed by atoms with E-state index in [2.05, 4.69) is 76.0 Å². The van der Waals surface area contributed by atoms with Crippen LogP contribution in [0.3, 0.4) is 0 Å². The summed E-state index contributed by atoms with van der Waals surface area (Å²) in [7, 11) is 0. The number of hydrogen-bond acceptors (Lipinski definition) is 4. The average Bonchev–Trinajstić information content (AvgIpc) is 3.19. The van der Waals surface area contributed by atoms with Crippen LogP contribution >= 0.6 is 0 Å². The predicted molar refractivity (Wildman–Crippen MR) is 128 cm³/mol. The van der Waals surface area contributed by atoms with E-state index in [1.165, 1.54) is 22.5 Å². The molecule has 1 aliphatic heterocycles. The first kappa shape index (κ1) is 26.4. The highest BCUT2D eigenvalue weighted by Crippen LogP contribution is 2.35. The Hall–Kier alpha value is -3.17. The molecule has 3 aromatic rings. The number of nitrogens with two attached hydrogens (primary N) is 1. The fourth-order valence-corrected chi connectivity index (χ4v) is 4.32. The summed E-state index contributed by atoms with van der Waals surface area (Å²) in [5.41, 5.74) is 12.6. The molecular weight excluding hydrogens is 457 g/mol. The lowest BCUT2D eigenvalue weighted by Gasteiger charge is -2.41. The summed E-state index contributed by atoms with van der Waals surface area (Å²) >= 11 is 0. The maximum atomic E-state index is 10.6. The van der Waals surface area contributed by atoms with Crippen molar-refractivity contribution in [2.24, 2.45) is 5.73 Å². The van der Waals surface area contributed by atoms with E-state index in [9.17, 15) is 13.2 Å². The monoisotopic (exact) mass is 488 g/mol. The maximum Gasteiger partial charge on any atom is 0.490 e. The molecule has 0 saturated carbocycles. The van der Waals surface area contributed by atoms with E-state index in [0.29, 0.717) is 0 Å². The van der Waals surface area contributed by atoms with Crippen molar-refractivity contribution >= 4 is 5.97 Å². The molecule has 0 aliphatic carbocycles. The van der Waals surface area contributed by atoms with Gasteiger partial charge in [0.2, 0.25) is 0 Å². The number of aromatic nitrogens is 2. The Labute approximate surface area is 203 Å². The molecular formula is C26H31F3N4O2. The molecule has 0 spiro atoms. The molecule has 35 heavy (non-hydrogen) atoms. The van der Waals surface area contributed by atoms with E-state index >= 15 is 0 Å². The van der Waals surface area contributed by atoms with E-state index in [0.717, 1.165) is 44.7 Å². The van der Waals surface area contributed by atoms with Gasteiger partial charge in [-0.25, -0.2) is 9.78 Å². The molecule has 0 amide bonds. The van der Waals surface area contributed by atoms with Crippen molar-refractivity contribution in [3.05, 3.63) is 83.4 Å². The lowest BCUT2D eigenvalue weighted by atomic mass is 9.73. The maximum absolute atomic E-state index is 10.6. The minimum absolute atomic E-state index is 0.137. The number of aryl methyl sites for hydroxylation is 1. The lowest BCUT2D eigenvalue weighted by molar-refractivity contribution is -0.192. The first-order valence-electron chi connectivity index (χ1n) is 11.4. The highest BCUT2D eigenvalue weighted by atomic mass is 19.4. The molecule has 2 aromatic carbocycles. The summed E-state index contributed by atoms with van der Waals surface area (Å²) in [5.74, 6) is -2.76. The first-order valence-corrected chi connectivity index (χ1v) is 11.4. The van der Waals surface area contributed by atoms with Gasteiger partial charge in [-0.2, -0.15) is 13.2 Å². The first-order chi connectivity index (χ1) is 16.6. The van der Waals surface area contributed by atoms with Gasteiger partial charge in [-0.05, 0) is 63.0 Å². The summed E-state index contributed by atoms with van der Waals surface area (Å²) in [4.78, 5) is 15.8. The van der Waals surface area contributed by atoms with Gasteiger partial charge < -0.3 is 15.4 Å². The largest absolute Gasteiger partial charge is 0.490 e. The number of nitrogens with zero attached hydrogens (tertiary/aromatic N) is 3. The Bertz CT molecular complexity index is 1100. The van der Waals surface area contributed by atoms with Gasteiger partial charge in [-0.15, -0.1) is 0 Å². The van der Waals surface area contributed by atoms with Gasteiger partial charge >= 0.3 is 12.1 Å². The molecule has 0 radical (unpaired) electrons. The van der Waals surface area contributed by atoms with E-state index in [-0.39, 0.29) is 5.41 Å². The van der Waals surface area contributed by atoms with E-state index < -0.39 is 12.1 Å². The Morgan fingerprint density at radius 2 is 1.63 bits per heavy atom. The molecule has 2 heterocycles. The fourth-order valence-electron chi connectivity index (χ4n) is 4.32. The van der Waals surface area contributed by atoms with E-state index in [1.54, 1.807) is 0 Å². The van der Waals surface area contributed by atoms with Crippen LogP contribution < -0.4 is 5.73 Å². The molecule has 0 atom stereocenters. The van der Waals surface area contributed by atoms with Gasteiger partial charge in [0.25, 0.3) is 0 Å². The number of carboxylic acids is 1. The number of alkyl halides is 3. The van der Waals surface area contributed by atoms with Crippen LogP contribution in [-0.4, -0.2) is 51.3 Å². The Morgan fingerprint density at radius 3 is 2.09 bits per heavy atom. The van der Waals surface area contributed by atoms with Crippen LogP contribution in [0, 0.1) is 13.8 Å². The number of piperidine rings is 1. The second-order valence-electron chi connectivity index (χ2n) is 8.88. The zero-order valence-corrected chi connectivity index (χ0v) is 19.9. The summed E-state index contributed by atoms with van der Waals surface area (Å²) in [5, 5.41) is 7.12.